The molecule has 1 N–H and O–H groups in total. The predicted octanol–water partition coefficient (Wildman–Crippen LogP) is 4.24. The molecule has 166 valence electrons. The van der Waals surface area contributed by atoms with E-state index in [0.29, 0.717) is 12.5 Å². The molecule has 3 atom stereocenters. The lowest BCUT2D eigenvalue weighted by Gasteiger charge is -2.31. The van der Waals surface area contributed by atoms with Gasteiger partial charge in [0.25, 0.3) is 11.8 Å². The molecule has 2 aliphatic carbocycles. The third-order valence-corrected chi connectivity index (χ3v) is 6.79. The van der Waals surface area contributed by atoms with Gasteiger partial charge in [-0.25, -0.2) is 17.6 Å². The molecule has 3 fully saturated rings. The Hall–Kier alpha value is -1.83. The Morgan fingerprint density at radius 2 is 1.87 bits per heavy atom. The fourth-order valence-corrected chi connectivity index (χ4v) is 4.66. The standard InChI is InChI=1S/C22H28F4N2O2/c1-2-28-6-3-13(4-7-28)16-9-14(16)5-8-30-15-10-17(23)20(18(24)11-15)21(29)27-19-12-22(19,25)26/h10-11,13-14,16,19H,2-9,12H2,1H3,(H,27,29)/t14-,16-,19?/m1/s1. The summed E-state index contributed by atoms with van der Waals surface area (Å²) in [5, 5.41) is 1.96. The van der Waals surface area contributed by atoms with Crippen molar-refractivity contribution in [3.8, 4) is 5.75 Å². The highest BCUT2D eigenvalue weighted by Gasteiger charge is 2.58. The van der Waals surface area contributed by atoms with Crippen LogP contribution in [0, 0.1) is 29.4 Å². The van der Waals surface area contributed by atoms with Gasteiger partial charge in [0.1, 0.15) is 22.9 Å². The molecule has 0 radical (unpaired) electrons. The van der Waals surface area contributed by atoms with E-state index in [1.807, 2.05) is 5.32 Å². The van der Waals surface area contributed by atoms with Gasteiger partial charge in [-0.2, -0.15) is 0 Å². The third-order valence-electron chi connectivity index (χ3n) is 6.79. The van der Waals surface area contributed by atoms with Crippen molar-refractivity contribution >= 4 is 5.91 Å². The van der Waals surface area contributed by atoms with E-state index in [1.165, 1.54) is 19.3 Å². The van der Waals surface area contributed by atoms with E-state index in [1.54, 1.807) is 0 Å². The van der Waals surface area contributed by atoms with Gasteiger partial charge in [0.05, 0.1) is 12.6 Å². The largest absolute Gasteiger partial charge is 0.493 e. The summed E-state index contributed by atoms with van der Waals surface area (Å²) < 4.78 is 59.7. The minimum absolute atomic E-state index is 0.00626. The van der Waals surface area contributed by atoms with Crippen LogP contribution in [0.2, 0.25) is 0 Å². The average Bonchev–Trinajstić information content (AvgIpc) is 3.58. The first kappa shape index (κ1) is 21.4. The second-order valence-electron chi connectivity index (χ2n) is 8.82. The molecular weight excluding hydrogens is 400 g/mol. The molecular formula is C22H28F4N2O2. The fraction of sp³-hybridized carbons (Fsp3) is 0.682. The monoisotopic (exact) mass is 428 g/mol. The molecule has 1 saturated heterocycles. The molecule has 1 unspecified atom stereocenters. The first-order valence-electron chi connectivity index (χ1n) is 10.8. The van der Waals surface area contributed by atoms with Gasteiger partial charge < -0.3 is 15.0 Å². The highest BCUT2D eigenvalue weighted by Crippen LogP contribution is 2.49. The first-order valence-corrected chi connectivity index (χ1v) is 10.8. The van der Waals surface area contributed by atoms with Crippen molar-refractivity contribution in [1.29, 1.82) is 0 Å². The van der Waals surface area contributed by atoms with E-state index in [2.05, 4.69) is 11.8 Å². The van der Waals surface area contributed by atoms with Crippen LogP contribution in [0.15, 0.2) is 12.1 Å². The van der Waals surface area contributed by atoms with Crippen LogP contribution in [0.25, 0.3) is 0 Å². The Bertz CT molecular complexity index is 772. The van der Waals surface area contributed by atoms with Gasteiger partial charge in [0.2, 0.25) is 0 Å². The summed E-state index contributed by atoms with van der Waals surface area (Å²) >= 11 is 0. The average molecular weight is 428 g/mol. The summed E-state index contributed by atoms with van der Waals surface area (Å²) in [5.74, 6) is -4.29. The zero-order chi connectivity index (χ0) is 21.5. The molecule has 4 nitrogen and oxygen atoms in total. The van der Waals surface area contributed by atoms with Gasteiger partial charge in [0.15, 0.2) is 0 Å². The SMILES string of the molecule is CCN1CCC([C@H]2C[C@H]2CCOc2cc(F)c(C(=O)NC3CC3(F)F)c(F)c2)CC1. The molecule has 30 heavy (non-hydrogen) atoms. The van der Waals surface area contributed by atoms with Crippen LogP contribution in [0.4, 0.5) is 17.6 Å². The van der Waals surface area contributed by atoms with Crippen LogP contribution < -0.4 is 10.1 Å². The molecule has 1 aromatic carbocycles. The molecule has 0 spiro atoms. The lowest BCUT2D eigenvalue weighted by molar-refractivity contribution is 0.0842. The second kappa shape index (κ2) is 8.36. The maximum Gasteiger partial charge on any atom is 0.270 e. The number of nitrogens with zero attached hydrogens (tertiary/aromatic N) is 1. The Balaban J connectivity index is 1.23. The highest BCUT2D eigenvalue weighted by molar-refractivity contribution is 5.95. The topological polar surface area (TPSA) is 41.6 Å². The lowest BCUT2D eigenvalue weighted by atomic mass is 9.90. The number of nitrogens with one attached hydrogen (secondary N) is 1. The first-order chi connectivity index (χ1) is 14.3. The van der Waals surface area contributed by atoms with E-state index in [0.717, 1.165) is 50.0 Å². The van der Waals surface area contributed by atoms with Crippen molar-refractivity contribution in [2.75, 3.05) is 26.2 Å². The minimum Gasteiger partial charge on any atom is -0.493 e. The van der Waals surface area contributed by atoms with Crippen LogP contribution in [0.3, 0.4) is 0 Å². The number of halogens is 4. The number of rotatable bonds is 8. The van der Waals surface area contributed by atoms with Crippen molar-refractivity contribution in [3.05, 3.63) is 29.3 Å². The van der Waals surface area contributed by atoms with Crippen molar-refractivity contribution in [1.82, 2.24) is 10.2 Å². The van der Waals surface area contributed by atoms with Crippen LogP contribution in [-0.2, 0) is 0 Å². The second-order valence-corrected chi connectivity index (χ2v) is 8.82. The van der Waals surface area contributed by atoms with E-state index in [4.69, 9.17) is 4.74 Å². The number of likely N-dealkylation sites (tertiary alicyclic amines) is 1. The quantitative estimate of drug-likeness (QED) is 0.630. The van der Waals surface area contributed by atoms with Crippen molar-refractivity contribution < 1.29 is 27.1 Å². The summed E-state index contributed by atoms with van der Waals surface area (Å²) in [6, 6.07) is 0.516. The Morgan fingerprint density at radius 3 is 2.43 bits per heavy atom. The molecule has 4 rings (SSSR count). The van der Waals surface area contributed by atoms with E-state index in [9.17, 15) is 22.4 Å². The number of hydrogen-bond donors (Lipinski definition) is 1. The molecule has 1 aromatic rings. The molecule has 0 aromatic heterocycles. The van der Waals surface area contributed by atoms with Gasteiger partial charge in [-0.3, -0.25) is 4.79 Å². The van der Waals surface area contributed by atoms with Gasteiger partial charge in [-0.1, -0.05) is 6.92 Å². The number of ether oxygens (including phenoxy) is 1. The molecule has 1 amide bonds. The van der Waals surface area contributed by atoms with Crippen LogP contribution in [0.5, 0.6) is 5.75 Å². The summed E-state index contributed by atoms with van der Waals surface area (Å²) in [4.78, 5) is 14.4. The third kappa shape index (κ3) is 4.74. The predicted molar refractivity (Wildman–Crippen MR) is 104 cm³/mol. The van der Waals surface area contributed by atoms with E-state index in [-0.39, 0.29) is 5.75 Å². The summed E-state index contributed by atoms with van der Waals surface area (Å²) in [7, 11) is 0. The molecule has 1 heterocycles. The zero-order valence-corrected chi connectivity index (χ0v) is 17.1. The summed E-state index contributed by atoms with van der Waals surface area (Å²) in [6.07, 6.45) is 3.99. The van der Waals surface area contributed by atoms with Crippen LogP contribution >= 0.6 is 0 Å². The molecule has 3 aliphatic rings. The molecule has 1 aliphatic heterocycles. The highest BCUT2D eigenvalue weighted by atomic mass is 19.3. The summed E-state index contributed by atoms with van der Waals surface area (Å²) in [6.45, 7) is 5.98. The van der Waals surface area contributed by atoms with Crippen LogP contribution in [-0.4, -0.2) is 49.0 Å². The van der Waals surface area contributed by atoms with E-state index < -0.39 is 41.5 Å². The molecule has 8 heteroatoms. The van der Waals surface area contributed by atoms with Crippen LogP contribution in [0.1, 0.15) is 49.4 Å². The molecule has 2 saturated carbocycles. The Labute approximate surface area is 173 Å². The van der Waals surface area contributed by atoms with Gasteiger partial charge in [-0.05, 0) is 63.1 Å². The number of benzene rings is 1. The number of carbonyl (C=O) groups excluding carboxylic acids is 1. The van der Waals surface area contributed by atoms with Crippen molar-refractivity contribution in [3.63, 3.8) is 0 Å². The van der Waals surface area contributed by atoms with Crippen molar-refractivity contribution in [2.45, 2.75) is 51.0 Å². The number of alkyl halides is 2. The zero-order valence-electron chi connectivity index (χ0n) is 17.1. The van der Waals surface area contributed by atoms with E-state index >= 15 is 0 Å². The fourth-order valence-electron chi connectivity index (χ4n) is 4.66. The minimum atomic E-state index is -3.00. The smallest absolute Gasteiger partial charge is 0.270 e. The number of carbonyl (C=O) groups is 1. The Kier molecular flexibility index (Phi) is 5.97. The Morgan fingerprint density at radius 1 is 1.23 bits per heavy atom. The molecule has 0 bridgehead atoms. The van der Waals surface area contributed by atoms with Crippen molar-refractivity contribution in [2.24, 2.45) is 17.8 Å². The number of amides is 1. The number of hydrogen-bond acceptors (Lipinski definition) is 3. The van der Waals surface area contributed by atoms with Gasteiger partial charge in [-0.15, -0.1) is 0 Å². The number of piperidine rings is 1. The van der Waals surface area contributed by atoms with Gasteiger partial charge >= 0.3 is 0 Å². The lowest BCUT2D eigenvalue weighted by Crippen LogP contribution is -2.34. The maximum absolute atomic E-state index is 14.2. The van der Waals surface area contributed by atoms with Gasteiger partial charge in [0, 0.05) is 18.6 Å². The normalized spacial score (nSPS) is 28.2. The maximum atomic E-state index is 14.2. The summed E-state index contributed by atoms with van der Waals surface area (Å²) in [5.41, 5.74) is -0.856.